The molecular weight excluding hydrogens is 373 g/mol. The largest absolute Gasteiger partial charge is 0.478 e. The van der Waals surface area contributed by atoms with Crippen LogP contribution in [0.25, 0.3) is 0 Å². The van der Waals surface area contributed by atoms with Crippen molar-refractivity contribution in [3.63, 3.8) is 0 Å². The summed E-state index contributed by atoms with van der Waals surface area (Å²) in [5.41, 5.74) is 2.42. The molecule has 1 amide bonds. The van der Waals surface area contributed by atoms with E-state index in [1.807, 2.05) is 49.4 Å². The summed E-state index contributed by atoms with van der Waals surface area (Å²) in [6.45, 7) is 2.11. The van der Waals surface area contributed by atoms with Gasteiger partial charge in [-0.05, 0) is 60.5 Å². The van der Waals surface area contributed by atoms with Crippen LogP contribution in [0, 0.1) is 12.7 Å². The summed E-state index contributed by atoms with van der Waals surface area (Å²) >= 11 is 0. The van der Waals surface area contributed by atoms with Crippen LogP contribution >= 0.6 is 0 Å². The van der Waals surface area contributed by atoms with Crippen molar-refractivity contribution in [2.75, 3.05) is 11.7 Å². The van der Waals surface area contributed by atoms with Crippen LogP contribution in [-0.2, 0) is 4.79 Å². The normalized spacial score (nSPS) is 19.8. The fraction of sp³-hybridized carbons (Fsp3) is 0.174. The zero-order chi connectivity index (χ0) is 20.0. The Balaban J connectivity index is 1.53. The van der Waals surface area contributed by atoms with E-state index in [0.29, 0.717) is 22.9 Å². The summed E-state index contributed by atoms with van der Waals surface area (Å²) in [4.78, 5) is 14.7. The monoisotopic (exact) mass is 391 g/mol. The van der Waals surface area contributed by atoms with Gasteiger partial charge in [-0.15, -0.1) is 0 Å². The van der Waals surface area contributed by atoms with E-state index >= 15 is 0 Å². The number of carbonyl (C=O) groups excluding carboxylic acids is 1. The number of para-hydroxylation sites is 1. The third-order valence-corrected chi connectivity index (χ3v) is 5.24. The average molecular weight is 391 g/mol. The van der Waals surface area contributed by atoms with Gasteiger partial charge >= 0.3 is 0 Å². The molecule has 0 spiro atoms. The molecule has 3 aromatic carbocycles. The summed E-state index contributed by atoms with van der Waals surface area (Å²) < 4.78 is 30.4. The molecule has 2 heterocycles. The van der Waals surface area contributed by atoms with Gasteiger partial charge in [0.2, 0.25) is 12.9 Å². The van der Waals surface area contributed by atoms with Crippen LogP contribution in [0.2, 0.25) is 0 Å². The van der Waals surface area contributed by atoms with Gasteiger partial charge in [-0.1, -0.05) is 24.3 Å². The molecule has 2 atom stereocenters. The number of benzene rings is 3. The summed E-state index contributed by atoms with van der Waals surface area (Å²) in [6, 6.07) is 18.7. The van der Waals surface area contributed by atoms with Gasteiger partial charge in [-0.3, -0.25) is 9.69 Å². The molecule has 0 bridgehead atoms. The van der Waals surface area contributed by atoms with E-state index in [1.165, 1.54) is 12.1 Å². The lowest BCUT2D eigenvalue weighted by Crippen LogP contribution is -2.61. The molecule has 146 valence electrons. The number of carbonyl (C=O) groups is 1. The minimum atomic E-state index is -0.693. The van der Waals surface area contributed by atoms with E-state index < -0.39 is 6.10 Å². The second kappa shape index (κ2) is 6.81. The van der Waals surface area contributed by atoms with Gasteiger partial charge in [-0.25, -0.2) is 4.39 Å². The number of ether oxygens (including phenoxy) is 3. The van der Waals surface area contributed by atoms with Crippen LogP contribution in [0.3, 0.4) is 0 Å². The zero-order valence-electron chi connectivity index (χ0n) is 15.7. The Morgan fingerprint density at radius 3 is 2.55 bits per heavy atom. The van der Waals surface area contributed by atoms with Crippen molar-refractivity contribution in [2.45, 2.75) is 19.1 Å². The molecule has 0 radical (unpaired) electrons. The summed E-state index contributed by atoms with van der Waals surface area (Å²) in [6.07, 6.45) is -0.693. The number of nitrogens with zero attached hydrogens (tertiary/aromatic N) is 1. The number of fused-ring (bicyclic) bond motifs is 1. The number of hydrogen-bond acceptors (Lipinski definition) is 4. The van der Waals surface area contributed by atoms with Gasteiger partial charge < -0.3 is 14.2 Å². The summed E-state index contributed by atoms with van der Waals surface area (Å²) in [7, 11) is 0. The number of amides is 1. The SMILES string of the molecule is Cc1ccccc1O[C@@H]1C(=O)N(c2ccc(F)cc2)[C@@H]1c1ccc2c(c1)OCO2. The third kappa shape index (κ3) is 2.97. The van der Waals surface area contributed by atoms with E-state index in [2.05, 4.69) is 0 Å². The summed E-state index contributed by atoms with van der Waals surface area (Å²) in [5.74, 6) is 1.44. The molecule has 0 unspecified atom stereocenters. The predicted molar refractivity (Wildman–Crippen MR) is 105 cm³/mol. The Labute approximate surface area is 167 Å². The second-order valence-corrected chi connectivity index (χ2v) is 7.05. The number of β-lactam (4-membered cyclic amide) rings is 1. The molecule has 5 nitrogen and oxygen atoms in total. The topological polar surface area (TPSA) is 48.0 Å². The van der Waals surface area contributed by atoms with Crippen LogP contribution in [0.4, 0.5) is 10.1 Å². The molecule has 1 saturated heterocycles. The lowest BCUT2D eigenvalue weighted by Gasteiger charge is -2.46. The molecule has 6 heteroatoms. The van der Waals surface area contributed by atoms with E-state index in [9.17, 15) is 9.18 Å². The number of halogens is 1. The van der Waals surface area contributed by atoms with Gasteiger partial charge in [0.1, 0.15) is 17.6 Å². The van der Waals surface area contributed by atoms with E-state index in [0.717, 1.165) is 11.1 Å². The lowest BCUT2D eigenvalue weighted by atomic mass is 9.89. The number of anilines is 1. The third-order valence-electron chi connectivity index (χ3n) is 5.24. The fourth-order valence-corrected chi connectivity index (χ4v) is 3.71. The molecular formula is C23H18FNO4. The average Bonchev–Trinajstić information content (AvgIpc) is 3.20. The highest BCUT2D eigenvalue weighted by molar-refractivity contribution is 6.05. The molecule has 0 N–H and O–H groups in total. The van der Waals surface area contributed by atoms with Crippen molar-refractivity contribution < 1.29 is 23.4 Å². The Hall–Kier alpha value is -3.54. The van der Waals surface area contributed by atoms with Crippen LogP contribution in [0.5, 0.6) is 17.2 Å². The standard InChI is InChI=1S/C23H18FNO4/c1-14-4-2-3-5-18(14)29-22-21(15-6-11-19-20(12-15)28-13-27-19)25(23(22)26)17-9-7-16(24)8-10-17/h2-12,21-22H,13H2,1H3/t21-,22+/m1/s1. The van der Waals surface area contributed by atoms with E-state index in [4.69, 9.17) is 14.2 Å². The van der Waals surface area contributed by atoms with Crippen molar-refractivity contribution in [2.24, 2.45) is 0 Å². The Bertz CT molecular complexity index is 1080. The fourth-order valence-electron chi connectivity index (χ4n) is 3.71. The van der Waals surface area contributed by atoms with Crippen LogP contribution < -0.4 is 19.1 Å². The molecule has 3 aromatic rings. The maximum Gasteiger partial charge on any atom is 0.271 e. The molecule has 5 rings (SSSR count). The first-order valence-corrected chi connectivity index (χ1v) is 9.32. The van der Waals surface area contributed by atoms with Gasteiger partial charge in [0.15, 0.2) is 11.5 Å². The molecule has 29 heavy (non-hydrogen) atoms. The van der Waals surface area contributed by atoms with E-state index in [1.54, 1.807) is 17.0 Å². The first-order chi connectivity index (χ1) is 14.1. The maximum absolute atomic E-state index is 13.4. The quantitative estimate of drug-likeness (QED) is 0.619. The van der Waals surface area contributed by atoms with Crippen molar-refractivity contribution in [3.8, 4) is 17.2 Å². The van der Waals surface area contributed by atoms with Gasteiger partial charge in [0.05, 0.1) is 0 Å². The molecule has 2 aliphatic heterocycles. The highest BCUT2D eigenvalue weighted by Gasteiger charge is 2.51. The smallest absolute Gasteiger partial charge is 0.271 e. The van der Waals surface area contributed by atoms with Crippen LogP contribution in [-0.4, -0.2) is 18.8 Å². The molecule has 0 aromatic heterocycles. The van der Waals surface area contributed by atoms with Crippen molar-refractivity contribution in [1.82, 2.24) is 0 Å². The van der Waals surface area contributed by atoms with Crippen molar-refractivity contribution in [3.05, 3.63) is 83.7 Å². The minimum Gasteiger partial charge on any atom is -0.478 e. The van der Waals surface area contributed by atoms with Crippen LogP contribution in [0.1, 0.15) is 17.2 Å². The molecule has 0 aliphatic carbocycles. The number of rotatable bonds is 4. The molecule has 2 aliphatic rings. The Morgan fingerprint density at radius 1 is 1.00 bits per heavy atom. The lowest BCUT2D eigenvalue weighted by molar-refractivity contribution is -0.135. The van der Waals surface area contributed by atoms with Gasteiger partial charge in [-0.2, -0.15) is 0 Å². The number of hydrogen-bond donors (Lipinski definition) is 0. The second-order valence-electron chi connectivity index (χ2n) is 7.05. The summed E-state index contributed by atoms with van der Waals surface area (Å²) in [5, 5.41) is 0. The minimum absolute atomic E-state index is 0.174. The predicted octanol–water partition coefficient (Wildman–Crippen LogP) is 4.40. The molecule has 0 saturated carbocycles. The number of aryl methyl sites for hydroxylation is 1. The maximum atomic E-state index is 13.4. The Morgan fingerprint density at radius 2 is 1.76 bits per heavy atom. The Kier molecular flexibility index (Phi) is 4.12. The first-order valence-electron chi connectivity index (χ1n) is 9.32. The molecule has 1 fully saturated rings. The van der Waals surface area contributed by atoms with Crippen molar-refractivity contribution in [1.29, 1.82) is 0 Å². The van der Waals surface area contributed by atoms with Gasteiger partial charge in [0.25, 0.3) is 5.91 Å². The van der Waals surface area contributed by atoms with Crippen molar-refractivity contribution >= 4 is 11.6 Å². The highest BCUT2D eigenvalue weighted by Crippen LogP contribution is 2.44. The van der Waals surface area contributed by atoms with Gasteiger partial charge in [0, 0.05) is 5.69 Å². The zero-order valence-corrected chi connectivity index (χ0v) is 15.7. The van der Waals surface area contributed by atoms with Crippen LogP contribution in [0.15, 0.2) is 66.7 Å². The highest BCUT2D eigenvalue weighted by atomic mass is 19.1. The van der Waals surface area contributed by atoms with E-state index in [-0.39, 0.29) is 24.6 Å². The first kappa shape index (κ1) is 17.6.